The van der Waals surface area contributed by atoms with E-state index in [-0.39, 0.29) is 11.7 Å². The molecule has 1 atom stereocenters. The molecule has 1 aromatic heterocycles. The second-order valence-electron chi connectivity index (χ2n) is 6.60. The van der Waals surface area contributed by atoms with Gasteiger partial charge in [-0.05, 0) is 42.3 Å². The van der Waals surface area contributed by atoms with Crippen molar-refractivity contribution in [3.63, 3.8) is 0 Å². The average molecular weight is 348 g/mol. The fourth-order valence-electron chi connectivity index (χ4n) is 3.46. The van der Waals surface area contributed by atoms with Gasteiger partial charge in [-0.3, -0.25) is 9.89 Å². The summed E-state index contributed by atoms with van der Waals surface area (Å²) >= 11 is 0. The number of ether oxygens (including phenoxy) is 2. The van der Waals surface area contributed by atoms with Gasteiger partial charge >= 0.3 is 0 Å². The Kier molecular flexibility index (Phi) is 4.21. The minimum Gasteiger partial charge on any atom is -0.493 e. The number of benzene rings is 2. The maximum atomic E-state index is 12.1. The van der Waals surface area contributed by atoms with Crippen molar-refractivity contribution < 1.29 is 14.3 Å². The maximum absolute atomic E-state index is 12.1. The molecule has 0 saturated heterocycles. The zero-order valence-electron chi connectivity index (χ0n) is 14.8. The molecule has 0 radical (unpaired) electrons. The van der Waals surface area contributed by atoms with Crippen LogP contribution in [0.25, 0.3) is 0 Å². The summed E-state index contributed by atoms with van der Waals surface area (Å²) in [5, 5.41) is 7.04. The Bertz CT molecular complexity index is 961. The lowest BCUT2D eigenvalue weighted by molar-refractivity contribution is -0.119. The summed E-state index contributed by atoms with van der Waals surface area (Å²) in [6.45, 7) is 2.02. The van der Waals surface area contributed by atoms with Gasteiger partial charge in [-0.1, -0.05) is 18.2 Å². The summed E-state index contributed by atoms with van der Waals surface area (Å²) in [6, 6.07) is 13.7. The number of fused-ring (bicyclic) bond motifs is 1. The van der Waals surface area contributed by atoms with E-state index in [1.165, 1.54) is 0 Å². The highest BCUT2D eigenvalue weighted by molar-refractivity contribution is 5.84. The van der Waals surface area contributed by atoms with Crippen molar-refractivity contribution in [1.82, 2.24) is 10.2 Å². The third-order valence-electron chi connectivity index (χ3n) is 4.74. The highest BCUT2D eigenvalue weighted by Crippen LogP contribution is 2.39. The van der Waals surface area contributed by atoms with Crippen molar-refractivity contribution in [1.29, 1.82) is 0 Å². The molecule has 1 aliphatic rings. The highest BCUT2D eigenvalue weighted by atomic mass is 16.5. The van der Waals surface area contributed by atoms with E-state index in [4.69, 9.17) is 9.47 Å². The van der Waals surface area contributed by atoms with Crippen LogP contribution in [0.3, 0.4) is 0 Å². The number of hydrogen-bond donors (Lipinski definition) is 1. The zero-order chi connectivity index (χ0) is 18.1. The molecule has 2 aromatic carbocycles. The number of methoxy groups -OCH3 is 1. The van der Waals surface area contributed by atoms with Crippen LogP contribution >= 0.6 is 0 Å². The van der Waals surface area contributed by atoms with Gasteiger partial charge < -0.3 is 9.47 Å². The molecule has 0 saturated carbocycles. The van der Waals surface area contributed by atoms with Gasteiger partial charge in [0.25, 0.3) is 0 Å². The maximum Gasteiger partial charge on any atom is 0.169 e. The molecule has 0 aliphatic heterocycles. The lowest BCUT2D eigenvalue weighted by atomic mass is 9.81. The molecule has 132 valence electrons. The fourth-order valence-corrected chi connectivity index (χ4v) is 3.46. The van der Waals surface area contributed by atoms with Gasteiger partial charge in [-0.15, -0.1) is 0 Å². The number of nitrogens with zero attached hydrogens (tertiary/aromatic N) is 1. The van der Waals surface area contributed by atoms with Gasteiger partial charge in [0.05, 0.1) is 13.3 Å². The van der Waals surface area contributed by atoms with E-state index in [0.29, 0.717) is 24.3 Å². The Labute approximate surface area is 152 Å². The molecule has 1 aliphatic carbocycles. The predicted molar refractivity (Wildman–Crippen MR) is 98.0 cm³/mol. The standard InChI is InChI=1S/C21H20N2O3/c1-13-4-3-5-16(8-13)26-20-7-6-14(9-21(20)25-2)17-10-15(24)11-19-18(17)12-22-23-19/h3-9,12,17H,10-11H2,1-2H3,(H,22,23). The summed E-state index contributed by atoms with van der Waals surface area (Å²) in [5.74, 6) is 2.27. The van der Waals surface area contributed by atoms with Crippen molar-refractivity contribution in [3.05, 3.63) is 71.0 Å². The van der Waals surface area contributed by atoms with Gasteiger partial charge in [-0.2, -0.15) is 5.10 Å². The minimum absolute atomic E-state index is 0.00748. The van der Waals surface area contributed by atoms with Crippen LogP contribution in [0.4, 0.5) is 0 Å². The Morgan fingerprint density at radius 2 is 2.04 bits per heavy atom. The van der Waals surface area contributed by atoms with Crippen LogP contribution < -0.4 is 9.47 Å². The lowest BCUT2D eigenvalue weighted by Gasteiger charge is -2.22. The first-order valence-corrected chi connectivity index (χ1v) is 8.60. The van der Waals surface area contributed by atoms with Crippen LogP contribution in [0.15, 0.2) is 48.7 Å². The summed E-state index contributed by atoms with van der Waals surface area (Å²) in [5.41, 5.74) is 4.14. The zero-order valence-corrected chi connectivity index (χ0v) is 14.8. The molecule has 0 fully saturated rings. The number of rotatable bonds is 4. The third kappa shape index (κ3) is 3.08. The topological polar surface area (TPSA) is 64.2 Å². The van der Waals surface area contributed by atoms with E-state index in [9.17, 15) is 4.79 Å². The number of Topliss-reactive ketones (excluding diaryl/α,β-unsaturated/α-hetero) is 1. The second kappa shape index (κ2) is 6.67. The van der Waals surface area contributed by atoms with E-state index < -0.39 is 0 Å². The predicted octanol–water partition coefficient (Wildman–Crippen LogP) is 4.17. The largest absolute Gasteiger partial charge is 0.493 e. The number of nitrogens with one attached hydrogen (secondary N) is 1. The van der Waals surface area contributed by atoms with Crippen molar-refractivity contribution in [2.24, 2.45) is 0 Å². The summed E-state index contributed by atoms with van der Waals surface area (Å²) < 4.78 is 11.5. The van der Waals surface area contributed by atoms with Crippen molar-refractivity contribution in [2.75, 3.05) is 7.11 Å². The molecule has 4 rings (SSSR count). The molecule has 5 heteroatoms. The average Bonchev–Trinajstić information content (AvgIpc) is 3.09. The highest BCUT2D eigenvalue weighted by Gasteiger charge is 2.28. The molecular formula is C21H20N2O3. The van der Waals surface area contributed by atoms with E-state index in [1.54, 1.807) is 7.11 Å². The van der Waals surface area contributed by atoms with Crippen LogP contribution in [0.2, 0.25) is 0 Å². The van der Waals surface area contributed by atoms with Crippen LogP contribution in [-0.4, -0.2) is 23.1 Å². The molecule has 5 nitrogen and oxygen atoms in total. The van der Waals surface area contributed by atoms with Gasteiger partial charge in [0.1, 0.15) is 11.5 Å². The number of aromatic nitrogens is 2. The second-order valence-corrected chi connectivity index (χ2v) is 6.60. The number of aryl methyl sites for hydroxylation is 1. The number of H-pyrrole nitrogens is 1. The first kappa shape index (κ1) is 16.4. The molecule has 1 N–H and O–H groups in total. The third-order valence-corrected chi connectivity index (χ3v) is 4.74. The van der Waals surface area contributed by atoms with E-state index in [0.717, 1.165) is 28.1 Å². The quantitative estimate of drug-likeness (QED) is 0.769. The molecule has 1 unspecified atom stereocenters. The molecule has 0 amide bonds. The van der Waals surface area contributed by atoms with Crippen molar-refractivity contribution >= 4 is 5.78 Å². The summed E-state index contributed by atoms with van der Waals surface area (Å²) in [4.78, 5) is 12.1. The van der Waals surface area contributed by atoms with Crippen molar-refractivity contribution in [2.45, 2.75) is 25.7 Å². The molecule has 3 aromatic rings. The first-order chi connectivity index (χ1) is 12.6. The van der Waals surface area contributed by atoms with Crippen LogP contribution in [0.1, 0.15) is 34.7 Å². The number of aromatic amines is 1. The molecule has 1 heterocycles. The summed E-state index contributed by atoms with van der Waals surface area (Å²) in [6.07, 6.45) is 2.72. The summed E-state index contributed by atoms with van der Waals surface area (Å²) in [7, 11) is 1.62. The van der Waals surface area contributed by atoms with Gasteiger partial charge in [0, 0.05) is 30.0 Å². The lowest BCUT2D eigenvalue weighted by Crippen LogP contribution is -2.18. The smallest absolute Gasteiger partial charge is 0.169 e. The molecular weight excluding hydrogens is 328 g/mol. The normalized spacial score (nSPS) is 16.2. The van der Waals surface area contributed by atoms with Gasteiger partial charge in [-0.25, -0.2) is 0 Å². The molecule has 26 heavy (non-hydrogen) atoms. The van der Waals surface area contributed by atoms with Crippen LogP contribution in [-0.2, 0) is 11.2 Å². The Balaban J connectivity index is 1.67. The number of carbonyl (C=O) groups excluding carboxylic acids is 1. The Hall–Kier alpha value is -3.08. The molecule has 0 spiro atoms. The van der Waals surface area contributed by atoms with Gasteiger partial charge in [0.15, 0.2) is 11.5 Å². The number of carbonyl (C=O) groups is 1. The van der Waals surface area contributed by atoms with E-state index in [2.05, 4.69) is 10.2 Å². The Morgan fingerprint density at radius 1 is 1.15 bits per heavy atom. The van der Waals surface area contributed by atoms with Gasteiger partial charge in [0.2, 0.25) is 0 Å². The van der Waals surface area contributed by atoms with E-state index >= 15 is 0 Å². The van der Waals surface area contributed by atoms with Crippen molar-refractivity contribution in [3.8, 4) is 17.2 Å². The van der Waals surface area contributed by atoms with Crippen LogP contribution in [0.5, 0.6) is 17.2 Å². The van der Waals surface area contributed by atoms with E-state index in [1.807, 2.05) is 55.6 Å². The number of hydrogen-bond acceptors (Lipinski definition) is 4. The van der Waals surface area contributed by atoms with Crippen LogP contribution in [0, 0.1) is 6.92 Å². The first-order valence-electron chi connectivity index (χ1n) is 8.60. The fraction of sp³-hybridized carbons (Fsp3) is 0.238. The Morgan fingerprint density at radius 3 is 2.85 bits per heavy atom. The SMILES string of the molecule is COc1cc(C2CC(=O)Cc3[nH]ncc32)ccc1Oc1cccc(C)c1. The molecule has 0 bridgehead atoms. The number of ketones is 1. The monoisotopic (exact) mass is 348 g/mol. The minimum atomic E-state index is -0.00748.